The van der Waals surface area contributed by atoms with Crippen molar-refractivity contribution in [2.75, 3.05) is 0 Å². The van der Waals surface area contributed by atoms with E-state index in [9.17, 15) is 18.0 Å². The average molecular weight is 386 g/mol. The van der Waals surface area contributed by atoms with E-state index in [0.29, 0.717) is 11.3 Å². The molecule has 1 amide bonds. The van der Waals surface area contributed by atoms with Crippen LogP contribution < -0.4 is 10.1 Å². The van der Waals surface area contributed by atoms with Crippen LogP contribution in [-0.4, -0.2) is 10.9 Å². The zero-order valence-electron chi connectivity index (χ0n) is 14.8. The number of carbonyl (C=O) groups excluding carboxylic acids is 1. The molecule has 7 heteroatoms. The first-order chi connectivity index (χ1) is 13.5. The fourth-order valence-electron chi connectivity index (χ4n) is 2.54. The SMILES string of the molecule is O=C(CCc1cc(F)ccc1F)NCc1ccc(Oc2cccnc2)c(F)c1. The van der Waals surface area contributed by atoms with Gasteiger partial charge in [-0.1, -0.05) is 6.07 Å². The van der Waals surface area contributed by atoms with E-state index in [1.165, 1.54) is 18.3 Å². The number of hydrogen-bond acceptors (Lipinski definition) is 3. The van der Waals surface area contributed by atoms with Crippen LogP contribution in [0.15, 0.2) is 60.9 Å². The predicted molar refractivity (Wildman–Crippen MR) is 97.2 cm³/mol. The molecule has 0 aliphatic heterocycles. The Morgan fingerprint density at radius 2 is 1.89 bits per heavy atom. The van der Waals surface area contributed by atoms with Gasteiger partial charge in [0, 0.05) is 19.2 Å². The monoisotopic (exact) mass is 386 g/mol. The van der Waals surface area contributed by atoms with Crippen LogP contribution in [0.1, 0.15) is 17.5 Å². The van der Waals surface area contributed by atoms with Crippen LogP contribution in [0.4, 0.5) is 13.2 Å². The fourth-order valence-corrected chi connectivity index (χ4v) is 2.54. The summed E-state index contributed by atoms with van der Waals surface area (Å²) in [5.41, 5.74) is 0.680. The lowest BCUT2D eigenvalue weighted by Crippen LogP contribution is -2.23. The van der Waals surface area contributed by atoms with Gasteiger partial charge in [0.05, 0.1) is 6.20 Å². The number of aryl methyl sites for hydroxylation is 1. The first-order valence-electron chi connectivity index (χ1n) is 8.58. The number of benzene rings is 2. The van der Waals surface area contributed by atoms with Crippen molar-refractivity contribution in [2.45, 2.75) is 19.4 Å². The second-order valence-electron chi connectivity index (χ2n) is 6.07. The smallest absolute Gasteiger partial charge is 0.220 e. The van der Waals surface area contributed by atoms with Gasteiger partial charge in [-0.25, -0.2) is 13.2 Å². The molecule has 0 bridgehead atoms. The van der Waals surface area contributed by atoms with Crippen LogP contribution in [-0.2, 0) is 17.8 Å². The van der Waals surface area contributed by atoms with Crippen molar-refractivity contribution in [1.29, 1.82) is 0 Å². The van der Waals surface area contributed by atoms with Crippen LogP contribution in [0.3, 0.4) is 0 Å². The van der Waals surface area contributed by atoms with Gasteiger partial charge in [0.25, 0.3) is 0 Å². The normalized spacial score (nSPS) is 10.5. The summed E-state index contributed by atoms with van der Waals surface area (Å²) < 4.78 is 46.3. The number of pyridine rings is 1. The molecule has 0 aliphatic carbocycles. The lowest BCUT2D eigenvalue weighted by molar-refractivity contribution is -0.121. The van der Waals surface area contributed by atoms with Crippen molar-refractivity contribution < 1.29 is 22.7 Å². The minimum atomic E-state index is -0.572. The lowest BCUT2D eigenvalue weighted by atomic mass is 10.1. The van der Waals surface area contributed by atoms with Crippen molar-refractivity contribution >= 4 is 5.91 Å². The highest BCUT2D eigenvalue weighted by molar-refractivity contribution is 5.76. The summed E-state index contributed by atoms with van der Waals surface area (Å²) in [7, 11) is 0. The van der Waals surface area contributed by atoms with Crippen molar-refractivity contribution in [2.24, 2.45) is 0 Å². The molecule has 1 N–H and O–H groups in total. The van der Waals surface area contributed by atoms with Gasteiger partial charge in [-0.3, -0.25) is 9.78 Å². The molecule has 0 unspecified atom stereocenters. The van der Waals surface area contributed by atoms with Gasteiger partial charge in [-0.2, -0.15) is 0 Å². The lowest BCUT2D eigenvalue weighted by Gasteiger charge is -2.09. The van der Waals surface area contributed by atoms with Crippen molar-refractivity contribution in [1.82, 2.24) is 10.3 Å². The van der Waals surface area contributed by atoms with Crippen molar-refractivity contribution in [3.63, 3.8) is 0 Å². The van der Waals surface area contributed by atoms with Gasteiger partial charge in [-0.05, 0) is 60.0 Å². The number of aromatic nitrogens is 1. The second-order valence-corrected chi connectivity index (χ2v) is 6.07. The Kier molecular flexibility index (Phi) is 6.26. The Bertz CT molecular complexity index is 965. The maximum absolute atomic E-state index is 14.2. The minimum absolute atomic E-state index is 0.00887. The van der Waals surface area contributed by atoms with E-state index in [2.05, 4.69) is 10.3 Å². The van der Waals surface area contributed by atoms with E-state index in [1.54, 1.807) is 24.4 Å². The molecule has 2 aromatic carbocycles. The van der Waals surface area contributed by atoms with Gasteiger partial charge in [0.1, 0.15) is 17.4 Å². The summed E-state index contributed by atoms with van der Waals surface area (Å²) in [6, 6.07) is 10.8. The van der Waals surface area contributed by atoms with Crippen LogP contribution in [0.5, 0.6) is 11.5 Å². The van der Waals surface area contributed by atoms with E-state index in [1.807, 2.05) is 0 Å². The molecular formula is C21H17F3N2O2. The zero-order valence-corrected chi connectivity index (χ0v) is 14.8. The van der Waals surface area contributed by atoms with Crippen LogP contribution in [0.25, 0.3) is 0 Å². The molecular weight excluding hydrogens is 369 g/mol. The number of nitrogens with zero attached hydrogens (tertiary/aromatic N) is 1. The molecule has 0 spiro atoms. The summed E-state index contributed by atoms with van der Waals surface area (Å²) in [6.07, 6.45) is 3.11. The molecule has 144 valence electrons. The number of carbonyl (C=O) groups is 1. The van der Waals surface area contributed by atoms with E-state index in [4.69, 9.17) is 4.74 Å². The Hall–Kier alpha value is -3.35. The molecule has 4 nitrogen and oxygen atoms in total. The predicted octanol–water partition coefficient (Wildman–Crippen LogP) is 4.54. The van der Waals surface area contributed by atoms with E-state index in [0.717, 1.165) is 18.2 Å². The van der Waals surface area contributed by atoms with Crippen LogP contribution in [0.2, 0.25) is 0 Å². The van der Waals surface area contributed by atoms with Gasteiger partial charge in [0.15, 0.2) is 11.6 Å². The molecule has 0 radical (unpaired) electrons. The standard InChI is InChI=1S/C21H17F3N2O2/c22-16-5-6-18(23)15(11-16)4-8-21(27)26-12-14-3-7-20(19(24)10-14)28-17-2-1-9-25-13-17/h1-3,5-7,9-11,13H,4,8,12H2,(H,26,27). The summed E-state index contributed by atoms with van der Waals surface area (Å²) in [5, 5.41) is 2.63. The largest absolute Gasteiger partial charge is 0.453 e. The zero-order chi connectivity index (χ0) is 19.9. The first-order valence-corrected chi connectivity index (χ1v) is 8.58. The summed E-state index contributed by atoms with van der Waals surface area (Å²) >= 11 is 0. The number of halogens is 3. The third-order valence-corrected chi connectivity index (χ3v) is 3.98. The molecule has 0 aliphatic rings. The Labute approximate surface area is 160 Å². The van der Waals surface area contributed by atoms with E-state index < -0.39 is 17.5 Å². The number of rotatable bonds is 7. The molecule has 28 heavy (non-hydrogen) atoms. The average Bonchev–Trinajstić information content (AvgIpc) is 2.69. The number of nitrogens with one attached hydrogen (secondary N) is 1. The highest BCUT2D eigenvalue weighted by Gasteiger charge is 2.09. The second kappa shape index (κ2) is 9.03. The molecule has 0 fully saturated rings. The van der Waals surface area contributed by atoms with Crippen molar-refractivity contribution in [3.05, 3.63) is 89.5 Å². The molecule has 0 atom stereocenters. The van der Waals surface area contributed by atoms with Crippen molar-refractivity contribution in [3.8, 4) is 11.5 Å². The maximum atomic E-state index is 14.2. The topological polar surface area (TPSA) is 51.2 Å². The van der Waals surface area contributed by atoms with Gasteiger partial charge < -0.3 is 10.1 Å². The third kappa shape index (κ3) is 5.33. The Balaban J connectivity index is 1.52. The molecule has 1 aromatic heterocycles. The minimum Gasteiger partial charge on any atom is -0.453 e. The maximum Gasteiger partial charge on any atom is 0.220 e. The Morgan fingerprint density at radius 1 is 1.04 bits per heavy atom. The highest BCUT2D eigenvalue weighted by Crippen LogP contribution is 2.24. The fraction of sp³-hybridized carbons (Fsp3) is 0.143. The highest BCUT2D eigenvalue weighted by atomic mass is 19.1. The molecule has 0 saturated heterocycles. The Morgan fingerprint density at radius 3 is 2.64 bits per heavy atom. The third-order valence-electron chi connectivity index (χ3n) is 3.98. The van der Waals surface area contributed by atoms with Crippen LogP contribution >= 0.6 is 0 Å². The number of amides is 1. The number of ether oxygens (including phenoxy) is 1. The molecule has 0 saturated carbocycles. The van der Waals surface area contributed by atoms with E-state index in [-0.39, 0.29) is 36.6 Å². The van der Waals surface area contributed by atoms with Gasteiger partial charge >= 0.3 is 0 Å². The molecule has 1 heterocycles. The van der Waals surface area contributed by atoms with Crippen LogP contribution in [0, 0.1) is 17.5 Å². The first kappa shape index (κ1) is 19.4. The summed E-state index contributed by atoms with van der Waals surface area (Å²) in [5.74, 6) is -1.57. The summed E-state index contributed by atoms with van der Waals surface area (Å²) in [6.45, 7) is 0.106. The van der Waals surface area contributed by atoms with Gasteiger partial charge in [0.2, 0.25) is 5.91 Å². The van der Waals surface area contributed by atoms with E-state index >= 15 is 0 Å². The quantitative estimate of drug-likeness (QED) is 0.649. The number of hydrogen-bond donors (Lipinski definition) is 1. The molecule has 3 rings (SSSR count). The van der Waals surface area contributed by atoms with Gasteiger partial charge in [-0.15, -0.1) is 0 Å². The summed E-state index contributed by atoms with van der Waals surface area (Å²) in [4.78, 5) is 15.8. The molecule has 3 aromatic rings.